The molecule has 0 fully saturated rings. The summed E-state index contributed by atoms with van der Waals surface area (Å²) in [6.45, 7) is 3.71. The quantitative estimate of drug-likeness (QED) is 0.744. The number of halogens is 1. The van der Waals surface area contributed by atoms with Crippen molar-refractivity contribution in [3.05, 3.63) is 46.4 Å². The number of benzene rings is 1. The zero-order valence-electron chi connectivity index (χ0n) is 13.1. The van der Waals surface area contributed by atoms with Crippen molar-refractivity contribution in [3.63, 3.8) is 0 Å². The Balaban J connectivity index is 2.07. The van der Waals surface area contributed by atoms with E-state index in [0.29, 0.717) is 30.4 Å². The predicted octanol–water partition coefficient (Wildman–Crippen LogP) is 3.63. The third kappa shape index (κ3) is 2.89. The lowest BCUT2D eigenvalue weighted by atomic mass is 9.83. The molecular formula is C18H17FN2O2. The maximum absolute atomic E-state index is 14.0. The summed E-state index contributed by atoms with van der Waals surface area (Å²) < 4.78 is 19.5. The molecule has 3 rings (SSSR count). The number of hydrogen-bond donors (Lipinski definition) is 0. The van der Waals surface area contributed by atoms with Crippen LogP contribution in [0.25, 0.3) is 0 Å². The molecule has 0 bridgehead atoms. The summed E-state index contributed by atoms with van der Waals surface area (Å²) in [5.41, 5.74) is 1.33. The molecule has 0 saturated heterocycles. The Hall–Kier alpha value is -2.48. The number of esters is 1. The molecule has 1 atom stereocenters. The van der Waals surface area contributed by atoms with Gasteiger partial charge in [-0.25, -0.2) is 9.18 Å². The van der Waals surface area contributed by atoms with Gasteiger partial charge in [0.25, 0.3) is 0 Å². The highest BCUT2D eigenvalue weighted by molar-refractivity contribution is 5.93. The molecule has 0 N–H and O–H groups in total. The van der Waals surface area contributed by atoms with Crippen LogP contribution in [0.5, 0.6) is 0 Å². The Labute approximate surface area is 134 Å². The first-order valence-electron chi connectivity index (χ1n) is 7.60. The Bertz CT molecular complexity index is 772. The second-order valence-electron chi connectivity index (χ2n) is 6.48. The van der Waals surface area contributed by atoms with Crippen molar-refractivity contribution in [1.82, 2.24) is 0 Å². The summed E-state index contributed by atoms with van der Waals surface area (Å²) in [6.07, 6.45) is 3.71. The zero-order valence-corrected chi connectivity index (χ0v) is 13.1. The van der Waals surface area contributed by atoms with E-state index in [4.69, 9.17) is 10.00 Å². The van der Waals surface area contributed by atoms with Crippen molar-refractivity contribution >= 4 is 12.2 Å². The second kappa shape index (κ2) is 5.62. The molecule has 23 heavy (non-hydrogen) atoms. The van der Waals surface area contributed by atoms with Crippen LogP contribution in [0.15, 0.2) is 34.5 Å². The molecule has 0 saturated carbocycles. The maximum Gasteiger partial charge on any atom is 0.337 e. The molecule has 2 heterocycles. The first-order valence-corrected chi connectivity index (χ1v) is 7.60. The highest BCUT2D eigenvalue weighted by atomic mass is 19.1. The molecule has 1 aromatic rings. The molecule has 4 nitrogen and oxygen atoms in total. The minimum Gasteiger partial charge on any atom is -0.456 e. The van der Waals surface area contributed by atoms with E-state index < -0.39 is 11.4 Å². The van der Waals surface area contributed by atoms with Gasteiger partial charge in [0, 0.05) is 18.6 Å². The highest BCUT2D eigenvalue weighted by Gasteiger charge is 2.38. The number of cyclic esters (lactones) is 1. The largest absolute Gasteiger partial charge is 0.456 e. The molecule has 2 aliphatic heterocycles. The second-order valence-corrected chi connectivity index (χ2v) is 6.48. The van der Waals surface area contributed by atoms with Crippen molar-refractivity contribution < 1.29 is 13.9 Å². The molecular weight excluding hydrogens is 295 g/mol. The smallest absolute Gasteiger partial charge is 0.337 e. The van der Waals surface area contributed by atoms with Gasteiger partial charge >= 0.3 is 5.97 Å². The van der Waals surface area contributed by atoms with Crippen molar-refractivity contribution in [2.24, 2.45) is 4.99 Å². The molecule has 0 spiro atoms. The lowest BCUT2D eigenvalue weighted by Crippen LogP contribution is -2.35. The summed E-state index contributed by atoms with van der Waals surface area (Å²) in [7, 11) is 0. The fourth-order valence-electron chi connectivity index (χ4n) is 3.15. The average molecular weight is 312 g/mol. The third-order valence-corrected chi connectivity index (χ3v) is 4.19. The van der Waals surface area contributed by atoms with Crippen molar-refractivity contribution in [2.45, 2.75) is 44.6 Å². The minimum absolute atomic E-state index is 0.000166. The molecule has 0 aromatic heterocycles. The molecule has 5 heteroatoms. The molecule has 118 valence electrons. The first-order chi connectivity index (χ1) is 10.9. The van der Waals surface area contributed by atoms with Gasteiger partial charge in [-0.15, -0.1) is 0 Å². The fourth-order valence-corrected chi connectivity index (χ4v) is 3.15. The Morgan fingerprint density at radius 2 is 2.22 bits per heavy atom. The lowest BCUT2D eigenvalue weighted by Gasteiger charge is -2.33. The van der Waals surface area contributed by atoms with E-state index >= 15 is 0 Å². The van der Waals surface area contributed by atoms with Gasteiger partial charge in [0.2, 0.25) is 0 Å². The van der Waals surface area contributed by atoms with Gasteiger partial charge in [-0.3, -0.25) is 4.99 Å². The normalized spacial score (nSPS) is 22.9. The summed E-state index contributed by atoms with van der Waals surface area (Å²) in [5.74, 6) is -1.22. The molecule has 1 unspecified atom stereocenters. The molecule has 2 aliphatic rings. The molecule has 0 radical (unpaired) electrons. The predicted molar refractivity (Wildman–Crippen MR) is 83.4 cm³/mol. The summed E-state index contributed by atoms with van der Waals surface area (Å²) in [5, 5.41) is 8.86. The van der Waals surface area contributed by atoms with Gasteiger partial charge in [0.15, 0.2) is 0 Å². The van der Waals surface area contributed by atoms with E-state index in [-0.39, 0.29) is 17.5 Å². The van der Waals surface area contributed by atoms with Crippen LogP contribution in [0.1, 0.15) is 50.2 Å². The number of rotatable bonds is 1. The topological polar surface area (TPSA) is 62.5 Å². The van der Waals surface area contributed by atoms with Gasteiger partial charge in [0.05, 0.1) is 16.8 Å². The van der Waals surface area contributed by atoms with Crippen molar-refractivity contribution in [3.8, 4) is 6.07 Å². The molecule has 1 aromatic carbocycles. The van der Waals surface area contributed by atoms with Crippen LogP contribution in [-0.2, 0) is 9.53 Å². The minimum atomic E-state index is -0.585. The van der Waals surface area contributed by atoms with Crippen LogP contribution in [-0.4, -0.2) is 17.8 Å². The van der Waals surface area contributed by atoms with Crippen LogP contribution in [0, 0.1) is 17.1 Å². The van der Waals surface area contributed by atoms with E-state index in [1.54, 1.807) is 6.07 Å². The SMILES string of the molecule is CC1(C)CC2=C(C(=O)O1)C(c1ccc(C#N)c(F)c1)CCC=N2. The van der Waals surface area contributed by atoms with E-state index in [9.17, 15) is 9.18 Å². The van der Waals surface area contributed by atoms with Gasteiger partial charge in [-0.1, -0.05) is 6.07 Å². The van der Waals surface area contributed by atoms with Crippen LogP contribution in [0.3, 0.4) is 0 Å². The first kappa shape index (κ1) is 15.4. The fraction of sp³-hybridized carbons (Fsp3) is 0.389. The summed E-state index contributed by atoms with van der Waals surface area (Å²) >= 11 is 0. The maximum atomic E-state index is 14.0. The number of aliphatic imine (C=N–C) groups is 1. The molecule has 0 aliphatic carbocycles. The summed E-state index contributed by atoms with van der Waals surface area (Å²) in [6, 6.07) is 6.31. The van der Waals surface area contributed by atoms with Crippen molar-refractivity contribution in [1.29, 1.82) is 5.26 Å². The van der Waals surface area contributed by atoms with Gasteiger partial charge < -0.3 is 4.74 Å². The Kier molecular flexibility index (Phi) is 3.77. The van der Waals surface area contributed by atoms with E-state index in [0.717, 1.165) is 5.70 Å². The Morgan fingerprint density at radius 1 is 1.43 bits per heavy atom. The van der Waals surface area contributed by atoms with E-state index in [2.05, 4.69) is 4.99 Å². The highest BCUT2D eigenvalue weighted by Crippen LogP contribution is 2.41. The Morgan fingerprint density at radius 3 is 2.91 bits per heavy atom. The monoisotopic (exact) mass is 312 g/mol. The number of carbonyl (C=O) groups excluding carboxylic acids is 1. The number of nitrogens with zero attached hydrogens (tertiary/aromatic N) is 2. The van der Waals surface area contributed by atoms with Crippen LogP contribution >= 0.6 is 0 Å². The number of ether oxygens (including phenoxy) is 1. The van der Waals surface area contributed by atoms with E-state index in [1.165, 1.54) is 12.1 Å². The number of carbonyl (C=O) groups is 1. The van der Waals surface area contributed by atoms with Gasteiger partial charge in [-0.2, -0.15) is 5.26 Å². The molecule has 0 amide bonds. The average Bonchev–Trinajstić information content (AvgIpc) is 2.68. The number of nitriles is 1. The zero-order chi connectivity index (χ0) is 16.6. The van der Waals surface area contributed by atoms with Crippen LogP contribution in [0.2, 0.25) is 0 Å². The van der Waals surface area contributed by atoms with Crippen LogP contribution in [0.4, 0.5) is 4.39 Å². The number of hydrogen-bond acceptors (Lipinski definition) is 4. The summed E-state index contributed by atoms with van der Waals surface area (Å²) in [4.78, 5) is 16.9. The van der Waals surface area contributed by atoms with E-state index in [1.807, 2.05) is 26.1 Å². The standard InChI is InChI=1S/C18H17FN2O2/c1-18(2)9-15-16(17(22)23-18)13(4-3-7-21-15)11-5-6-12(10-20)14(19)8-11/h5-8,13H,3-4,9H2,1-2H3. The van der Waals surface area contributed by atoms with Crippen LogP contribution < -0.4 is 0 Å². The van der Waals surface area contributed by atoms with Gasteiger partial charge in [0.1, 0.15) is 17.5 Å². The van der Waals surface area contributed by atoms with Gasteiger partial charge in [-0.05, 0) is 44.4 Å². The lowest BCUT2D eigenvalue weighted by molar-refractivity contribution is -0.154. The third-order valence-electron chi connectivity index (χ3n) is 4.19. The van der Waals surface area contributed by atoms with Crippen molar-refractivity contribution in [2.75, 3.05) is 0 Å².